The highest BCUT2D eigenvalue weighted by atomic mass is 16.5. The highest BCUT2D eigenvalue weighted by Crippen LogP contribution is 2.38. The summed E-state index contributed by atoms with van der Waals surface area (Å²) in [6, 6.07) is 17.4. The second-order valence-corrected chi connectivity index (χ2v) is 4.76. The van der Waals surface area contributed by atoms with E-state index in [4.69, 9.17) is 9.47 Å². The maximum absolute atomic E-state index is 9.20. The van der Waals surface area contributed by atoms with E-state index in [1.165, 1.54) is 0 Å². The third-order valence-corrected chi connectivity index (χ3v) is 3.48. The number of methoxy groups -OCH3 is 2. The Morgan fingerprint density at radius 3 is 2.55 bits per heavy atom. The highest BCUT2D eigenvalue weighted by molar-refractivity contribution is 5.83. The summed E-state index contributed by atoms with van der Waals surface area (Å²) in [4.78, 5) is 4.66. The first-order chi connectivity index (χ1) is 10.8. The van der Waals surface area contributed by atoms with Gasteiger partial charge in [-0.15, -0.1) is 0 Å². The molecule has 0 unspecified atom stereocenters. The van der Waals surface area contributed by atoms with E-state index < -0.39 is 0 Å². The largest absolute Gasteiger partial charge is 0.493 e. The van der Waals surface area contributed by atoms with Crippen molar-refractivity contribution in [1.82, 2.24) is 4.98 Å². The zero-order valence-corrected chi connectivity index (χ0v) is 12.3. The molecule has 0 fully saturated rings. The average molecular weight is 290 g/mol. The zero-order valence-electron chi connectivity index (χ0n) is 12.3. The number of pyridine rings is 1. The fraction of sp³-hybridized carbons (Fsp3) is 0.111. The molecule has 0 aliphatic carbocycles. The fourth-order valence-electron chi connectivity index (χ4n) is 2.44. The normalized spacial score (nSPS) is 10.2. The van der Waals surface area contributed by atoms with Crippen LogP contribution in [0.15, 0.2) is 48.5 Å². The number of para-hydroxylation sites is 1. The second kappa shape index (κ2) is 5.74. The van der Waals surface area contributed by atoms with Crippen LogP contribution in [0.25, 0.3) is 22.2 Å². The average Bonchev–Trinajstić information content (AvgIpc) is 2.59. The lowest BCUT2D eigenvalue weighted by Crippen LogP contribution is -1.96. The van der Waals surface area contributed by atoms with Gasteiger partial charge in [-0.3, -0.25) is 0 Å². The van der Waals surface area contributed by atoms with Crippen molar-refractivity contribution in [2.24, 2.45) is 0 Å². The molecule has 0 radical (unpaired) electrons. The highest BCUT2D eigenvalue weighted by Gasteiger charge is 2.15. The predicted octanol–water partition coefficient (Wildman–Crippen LogP) is 3.79. The van der Waals surface area contributed by atoms with Crippen LogP contribution in [-0.2, 0) is 0 Å². The van der Waals surface area contributed by atoms with Crippen LogP contribution in [0.5, 0.6) is 11.5 Å². The van der Waals surface area contributed by atoms with Gasteiger partial charge in [0.15, 0.2) is 11.5 Å². The van der Waals surface area contributed by atoms with Gasteiger partial charge in [0.05, 0.1) is 37.1 Å². The standard InChI is InChI=1S/C18H14N2O2/c1-21-17-10-12(11-19)9-14(18(17)22-2)16-8-7-13-5-3-4-6-15(13)20-16/h3-10H,1-2H3. The third kappa shape index (κ3) is 2.33. The van der Waals surface area contributed by atoms with Gasteiger partial charge in [0.25, 0.3) is 0 Å². The summed E-state index contributed by atoms with van der Waals surface area (Å²) in [5.74, 6) is 1.09. The Kier molecular flexibility index (Phi) is 3.63. The number of ether oxygens (including phenoxy) is 2. The van der Waals surface area contributed by atoms with Gasteiger partial charge in [-0.2, -0.15) is 5.26 Å². The zero-order chi connectivity index (χ0) is 15.5. The molecule has 0 saturated carbocycles. The first kappa shape index (κ1) is 13.9. The molecule has 3 aromatic rings. The molecule has 0 aliphatic heterocycles. The summed E-state index contributed by atoms with van der Waals surface area (Å²) in [5, 5.41) is 10.3. The summed E-state index contributed by atoms with van der Waals surface area (Å²) >= 11 is 0. The SMILES string of the molecule is COc1cc(C#N)cc(-c2ccc3ccccc3n2)c1OC. The Hall–Kier alpha value is -3.06. The molecule has 22 heavy (non-hydrogen) atoms. The number of benzene rings is 2. The quantitative estimate of drug-likeness (QED) is 0.736. The summed E-state index contributed by atoms with van der Waals surface area (Å²) in [6.45, 7) is 0. The van der Waals surface area contributed by atoms with Crippen molar-refractivity contribution in [3.05, 3.63) is 54.1 Å². The van der Waals surface area contributed by atoms with E-state index in [2.05, 4.69) is 11.1 Å². The van der Waals surface area contributed by atoms with Crippen LogP contribution >= 0.6 is 0 Å². The summed E-state index contributed by atoms with van der Waals surface area (Å²) in [6.07, 6.45) is 0. The first-order valence-corrected chi connectivity index (χ1v) is 6.79. The van der Waals surface area contributed by atoms with Crippen molar-refractivity contribution in [3.63, 3.8) is 0 Å². The fourth-order valence-corrected chi connectivity index (χ4v) is 2.44. The van der Waals surface area contributed by atoms with Crippen molar-refractivity contribution in [2.75, 3.05) is 14.2 Å². The molecule has 0 saturated heterocycles. The molecule has 0 atom stereocenters. The molecular formula is C18H14N2O2. The van der Waals surface area contributed by atoms with Crippen molar-refractivity contribution >= 4 is 10.9 Å². The summed E-state index contributed by atoms with van der Waals surface area (Å²) < 4.78 is 10.8. The monoisotopic (exact) mass is 290 g/mol. The molecule has 4 heteroatoms. The van der Waals surface area contributed by atoms with Crippen LogP contribution in [0.2, 0.25) is 0 Å². The topological polar surface area (TPSA) is 55.1 Å². The molecule has 1 heterocycles. The molecule has 0 amide bonds. The molecule has 0 aliphatic rings. The molecule has 0 N–H and O–H groups in total. The number of hydrogen-bond donors (Lipinski definition) is 0. The Morgan fingerprint density at radius 1 is 1.00 bits per heavy atom. The Labute approximate surface area is 128 Å². The number of aromatic nitrogens is 1. The minimum absolute atomic E-state index is 0.502. The van der Waals surface area contributed by atoms with Crippen molar-refractivity contribution in [3.8, 4) is 28.8 Å². The van der Waals surface area contributed by atoms with Crippen LogP contribution in [0.1, 0.15) is 5.56 Å². The minimum Gasteiger partial charge on any atom is -0.493 e. The van der Waals surface area contributed by atoms with Crippen LogP contribution < -0.4 is 9.47 Å². The number of rotatable bonds is 3. The van der Waals surface area contributed by atoms with Crippen molar-refractivity contribution in [2.45, 2.75) is 0 Å². The third-order valence-electron chi connectivity index (χ3n) is 3.48. The van der Waals surface area contributed by atoms with Gasteiger partial charge in [-0.25, -0.2) is 4.98 Å². The van der Waals surface area contributed by atoms with E-state index in [1.807, 2.05) is 36.4 Å². The molecule has 3 rings (SSSR count). The lowest BCUT2D eigenvalue weighted by Gasteiger charge is -2.13. The van der Waals surface area contributed by atoms with Crippen LogP contribution in [0.4, 0.5) is 0 Å². The summed E-state index contributed by atoms with van der Waals surface area (Å²) in [7, 11) is 3.13. The van der Waals surface area contributed by atoms with Gasteiger partial charge >= 0.3 is 0 Å². The van der Waals surface area contributed by atoms with Crippen molar-refractivity contribution < 1.29 is 9.47 Å². The predicted molar refractivity (Wildman–Crippen MR) is 85.0 cm³/mol. The second-order valence-electron chi connectivity index (χ2n) is 4.76. The summed E-state index contributed by atoms with van der Waals surface area (Å²) in [5.41, 5.74) is 2.88. The van der Waals surface area contributed by atoms with Crippen LogP contribution in [0, 0.1) is 11.3 Å². The van der Waals surface area contributed by atoms with Crippen LogP contribution in [-0.4, -0.2) is 19.2 Å². The molecule has 1 aromatic heterocycles. The lowest BCUT2D eigenvalue weighted by atomic mass is 10.0. The molecule has 108 valence electrons. The minimum atomic E-state index is 0.502. The number of fused-ring (bicyclic) bond motifs is 1. The van der Waals surface area contributed by atoms with E-state index in [-0.39, 0.29) is 0 Å². The molecular weight excluding hydrogens is 276 g/mol. The van der Waals surface area contributed by atoms with E-state index in [0.717, 1.165) is 22.2 Å². The number of nitriles is 1. The van der Waals surface area contributed by atoms with Gasteiger partial charge in [-0.1, -0.05) is 24.3 Å². The Morgan fingerprint density at radius 2 is 1.82 bits per heavy atom. The molecule has 0 bridgehead atoms. The van der Waals surface area contributed by atoms with Gasteiger partial charge in [0.2, 0.25) is 0 Å². The van der Waals surface area contributed by atoms with Crippen molar-refractivity contribution in [1.29, 1.82) is 5.26 Å². The van der Waals surface area contributed by atoms with Gasteiger partial charge in [0, 0.05) is 17.0 Å². The van der Waals surface area contributed by atoms with E-state index in [1.54, 1.807) is 26.4 Å². The first-order valence-electron chi connectivity index (χ1n) is 6.79. The van der Waals surface area contributed by atoms with Crippen LogP contribution in [0.3, 0.4) is 0 Å². The number of hydrogen-bond acceptors (Lipinski definition) is 4. The van der Waals surface area contributed by atoms with Gasteiger partial charge < -0.3 is 9.47 Å². The Balaban J connectivity index is 2.26. The maximum Gasteiger partial charge on any atom is 0.170 e. The lowest BCUT2D eigenvalue weighted by molar-refractivity contribution is 0.356. The smallest absolute Gasteiger partial charge is 0.170 e. The van der Waals surface area contributed by atoms with E-state index in [9.17, 15) is 5.26 Å². The molecule has 2 aromatic carbocycles. The van der Waals surface area contributed by atoms with E-state index >= 15 is 0 Å². The molecule has 0 spiro atoms. The van der Waals surface area contributed by atoms with Gasteiger partial charge in [-0.05, 0) is 18.2 Å². The molecule has 4 nitrogen and oxygen atoms in total. The van der Waals surface area contributed by atoms with Gasteiger partial charge in [0.1, 0.15) is 0 Å². The van der Waals surface area contributed by atoms with E-state index in [0.29, 0.717) is 17.1 Å². The maximum atomic E-state index is 9.20. The Bertz CT molecular complexity index is 882. The number of nitrogens with zero attached hydrogens (tertiary/aromatic N) is 2.